The summed E-state index contributed by atoms with van der Waals surface area (Å²) in [5, 5.41) is 33.7. The van der Waals surface area contributed by atoms with Crippen molar-refractivity contribution in [3.05, 3.63) is 188 Å². The zero-order valence-electron chi connectivity index (χ0n) is 38.1. The number of rotatable bonds is 16. The van der Waals surface area contributed by atoms with Crippen LogP contribution in [-0.4, -0.2) is 56.0 Å². The summed E-state index contributed by atoms with van der Waals surface area (Å²) in [5.41, 5.74) is -2.99. The molecule has 3 aliphatic heterocycles. The van der Waals surface area contributed by atoms with Crippen molar-refractivity contribution in [1.29, 1.82) is 15.8 Å². The van der Waals surface area contributed by atoms with E-state index in [1.807, 2.05) is 18.2 Å². The van der Waals surface area contributed by atoms with Crippen LogP contribution in [-0.2, 0) is 19.5 Å². The number of nitrogens with zero attached hydrogens (tertiary/aromatic N) is 4. The number of alkyl halides is 3. The Bertz CT molecular complexity index is 2880. The molecule has 0 radical (unpaired) electrons. The normalized spacial score (nSPS) is 19.6. The first-order valence-electron chi connectivity index (χ1n) is 22.3. The molecule has 7 nitrogen and oxygen atoms in total. The van der Waals surface area contributed by atoms with Gasteiger partial charge in [-0.2, -0.15) is 44.5 Å². The fraction of sp³-hybridized carbons (Fsp3) is 0.241. The summed E-state index contributed by atoms with van der Waals surface area (Å²) >= 11 is 3.35. The van der Waals surface area contributed by atoms with E-state index in [1.165, 1.54) is 50.8 Å². The van der Waals surface area contributed by atoms with Crippen LogP contribution in [0.5, 0.6) is 0 Å². The van der Waals surface area contributed by atoms with E-state index in [0.29, 0.717) is 13.2 Å². The van der Waals surface area contributed by atoms with E-state index in [1.54, 1.807) is 54.5 Å². The van der Waals surface area contributed by atoms with Gasteiger partial charge < -0.3 is 18.8 Å². The molecular weight excluding hydrogens is 930 g/mol. The molecule has 3 unspecified atom stereocenters. The van der Waals surface area contributed by atoms with E-state index in [2.05, 4.69) is 122 Å². The van der Waals surface area contributed by atoms with Crippen LogP contribution in [0.25, 0.3) is 12.2 Å². The van der Waals surface area contributed by atoms with Gasteiger partial charge in [-0.1, -0.05) is 140 Å². The highest BCUT2D eigenvalue weighted by atomic mass is 32.2. The molecule has 5 aromatic rings. The van der Waals surface area contributed by atoms with Crippen LogP contribution in [0.1, 0.15) is 33.1 Å². The molecule has 0 N–H and O–H groups in total. The largest absolute Gasteiger partial charge is 0.564 e. The lowest BCUT2D eigenvalue weighted by Crippen LogP contribution is -2.67. The van der Waals surface area contributed by atoms with Gasteiger partial charge in [-0.05, 0) is 51.1 Å². The van der Waals surface area contributed by atoms with Gasteiger partial charge in [0.1, 0.15) is 23.8 Å². The summed E-state index contributed by atoms with van der Waals surface area (Å²) in [4.78, 5) is 5.37. The molecule has 14 heteroatoms. The van der Waals surface area contributed by atoms with Crippen LogP contribution >= 0.6 is 23.1 Å². The first kappa shape index (κ1) is 48.3. The first-order valence-corrected chi connectivity index (χ1v) is 29.2. The van der Waals surface area contributed by atoms with Crippen LogP contribution in [0.4, 0.5) is 18.9 Å². The van der Waals surface area contributed by atoms with Gasteiger partial charge in [0.25, 0.3) is 5.60 Å². The Hall–Kier alpha value is -6.16. The third kappa shape index (κ3) is 8.99. The lowest BCUT2D eigenvalue weighted by Gasteiger charge is -2.47. The van der Waals surface area contributed by atoms with Crippen molar-refractivity contribution in [1.82, 2.24) is 0 Å². The van der Waals surface area contributed by atoms with Gasteiger partial charge in [0.2, 0.25) is 0 Å². The minimum atomic E-state index is -5.09. The van der Waals surface area contributed by atoms with E-state index in [4.69, 9.17) is 13.9 Å². The molecule has 346 valence electrons. The van der Waals surface area contributed by atoms with Gasteiger partial charge in [0.15, 0.2) is 11.3 Å². The molecule has 1 aromatic heterocycles. The molecule has 0 fully saturated rings. The van der Waals surface area contributed by atoms with E-state index < -0.39 is 50.6 Å². The second-order valence-electron chi connectivity index (χ2n) is 17.3. The van der Waals surface area contributed by atoms with E-state index in [-0.39, 0.29) is 16.4 Å². The Balaban J connectivity index is 1.18. The van der Waals surface area contributed by atoms with Crippen LogP contribution in [0.2, 0.25) is 24.7 Å². The molecule has 0 saturated carbocycles. The number of ether oxygens (including phenoxy) is 2. The Morgan fingerprint density at radius 3 is 2.03 bits per heavy atom. The Morgan fingerprint density at radius 1 is 0.838 bits per heavy atom. The zero-order valence-corrected chi connectivity index (χ0v) is 41.7. The standard InChI is InChI=1S/C54H49F3N4O3S2Si2/c1-5-67(3,4)63-32-30-61(29-31-62-2)41-24-21-38(22-25-41)23-26-42-33-48-51(65-42)52-49(68(48,44-17-11-7-12-18-44)45-19-13-8-14-20-45)34-43(66-52)27-28-47-46(37-60)50(39(35-58)36-59)64-53(47,54(55,56)57)40-15-9-6-10-16-40/h6-28,33-34,49,52H,5,29-32H2,1-4H3/q-2/b26-23+,28-27+. The number of thiophene rings is 1. The highest BCUT2D eigenvalue weighted by Gasteiger charge is 2.65. The van der Waals surface area contributed by atoms with Crippen LogP contribution < -0.4 is 20.5 Å². The average molecular weight is 979 g/mol. The molecule has 8 rings (SSSR count). The van der Waals surface area contributed by atoms with Crippen LogP contribution in [0.3, 0.4) is 0 Å². The second-order valence-corrected chi connectivity index (χ2v) is 28.1. The lowest BCUT2D eigenvalue weighted by atomic mass is 9.84. The highest BCUT2D eigenvalue weighted by Crippen LogP contribution is 2.61. The van der Waals surface area contributed by atoms with Crippen molar-refractivity contribution in [2.75, 3.05) is 38.3 Å². The summed E-state index contributed by atoms with van der Waals surface area (Å²) in [5.74, 6) is -0.690. The summed E-state index contributed by atoms with van der Waals surface area (Å²) in [6, 6.07) is 45.2. The van der Waals surface area contributed by atoms with Crippen molar-refractivity contribution < 1.29 is 27.1 Å². The molecule has 0 amide bonds. The number of hydrogen-bond acceptors (Lipinski definition) is 9. The van der Waals surface area contributed by atoms with E-state index in [9.17, 15) is 15.8 Å². The number of anilines is 1. The number of fused-ring (bicyclic) bond motifs is 3. The molecule has 4 heterocycles. The predicted octanol–water partition coefficient (Wildman–Crippen LogP) is 11.3. The fourth-order valence-corrected chi connectivity index (χ4v) is 20.0. The third-order valence-corrected chi connectivity index (χ3v) is 24.0. The second kappa shape index (κ2) is 20.2. The van der Waals surface area contributed by atoms with Crippen molar-refractivity contribution in [2.45, 2.75) is 48.6 Å². The van der Waals surface area contributed by atoms with Crippen LogP contribution in [0.15, 0.2) is 167 Å². The molecule has 3 atom stereocenters. The molecule has 0 spiro atoms. The van der Waals surface area contributed by atoms with Gasteiger partial charge in [0.05, 0.1) is 6.61 Å². The Morgan fingerprint density at radius 2 is 1.46 bits per heavy atom. The maximum atomic E-state index is 15.7. The minimum absolute atomic E-state index is 0.00408. The van der Waals surface area contributed by atoms with Gasteiger partial charge in [-0.3, -0.25) is 0 Å². The quantitative estimate of drug-likeness (QED) is 0.0712. The van der Waals surface area contributed by atoms with Gasteiger partial charge >= 0.3 is 6.18 Å². The van der Waals surface area contributed by atoms with E-state index >= 15 is 13.2 Å². The van der Waals surface area contributed by atoms with Gasteiger partial charge in [-0.15, -0.1) is 42.2 Å². The smallest absolute Gasteiger partial charge is 0.437 e. The summed E-state index contributed by atoms with van der Waals surface area (Å²) in [6.07, 6.45) is 4.34. The highest BCUT2D eigenvalue weighted by molar-refractivity contribution is 8.04. The molecule has 3 aliphatic rings. The Labute approximate surface area is 406 Å². The van der Waals surface area contributed by atoms with Crippen molar-refractivity contribution in [3.63, 3.8) is 0 Å². The summed E-state index contributed by atoms with van der Waals surface area (Å²) in [7, 11) is -2.83. The SMILES string of the molecule is CC[Si-](C)(C)OCCN(CCOC)c1ccc(/C=C/c2cc3c(s2)C2SC(/C=C/C4=C(C#N)C(=C(C#N)C#N)OC4(c4ccccc4)C(F)(F)F)=CC2[Si-]3(c2ccccc2)c2ccccc2)cc1. The number of hydrogen-bond donors (Lipinski definition) is 0. The first-order chi connectivity index (χ1) is 32.8. The van der Waals surface area contributed by atoms with Crippen molar-refractivity contribution in [3.8, 4) is 18.2 Å². The zero-order chi connectivity index (χ0) is 48.1. The molecule has 68 heavy (non-hydrogen) atoms. The predicted molar refractivity (Wildman–Crippen MR) is 273 cm³/mol. The molecule has 0 saturated heterocycles. The molecule has 0 aliphatic carbocycles. The number of halogens is 3. The number of benzene rings is 4. The van der Waals surface area contributed by atoms with Crippen molar-refractivity contribution >= 4 is 72.9 Å². The monoisotopic (exact) mass is 978 g/mol. The van der Waals surface area contributed by atoms with Crippen molar-refractivity contribution in [2.24, 2.45) is 0 Å². The average Bonchev–Trinajstić information content (AvgIpc) is 4.12. The number of allylic oxidation sites excluding steroid dienone is 4. The number of methoxy groups -OCH3 is 1. The number of thioether (sulfide) groups is 1. The lowest BCUT2D eigenvalue weighted by molar-refractivity contribution is -0.249. The van der Waals surface area contributed by atoms with Gasteiger partial charge in [-0.25, -0.2) is 0 Å². The number of nitriles is 3. The maximum absolute atomic E-state index is 15.7. The Kier molecular flexibility index (Phi) is 14.4. The molecule has 4 aromatic carbocycles. The summed E-state index contributed by atoms with van der Waals surface area (Å²) in [6.45, 7) is 9.49. The third-order valence-electron chi connectivity index (χ3n) is 13.0. The minimum Gasteiger partial charge on any atom is -0.564 e. The topological polar surface area (TPSA) is 102 Å². The fourth-order valence-electron chi connectivity index (χ4n) is 9.34. The molecule has 0 bridgehead atoms. The van der Waals surface area contributed by atoms with Gasteiger partial charge in [0, 0.05) is 58.7 Å². The van der Waals surface area contributed by atoms with Crippen LogP contribution in [0, 0.1) is 34.0 Å². The summed E-state index contributed by atoms with van der Waals surface area (Å²) < 4.78 is 64.4. The maximum Gasteiger partial charge on any atom is 0.437 e. The van der Waals surface area contributed by atoms with E-state index in [0.717, 1.165) is 40.2 Å². The molecular formula is C54H49F3N4O3S2Si2-2.